The van der Waals surface area contributed by atoms with Crippen LogP contribution in [0.3, 0.4) is 0 Å². The second kappa shape index (κ2) is 3.22. The van der Waals surface area contributed by atoms with Gasteiger partial charge >= 0.3 is 0 Å². The maximum Gasteiger partial charge on any atom is 0.166 e. The molecule has 62 valence electrons. The summed E-state index contributed by atoms with van der Waals surface area (Å²) in [6.07, 6.45) is 0. The molecule has 1 aromatic rings. The molecule has 12 heavy (non-hydrogen) atoms. The molecule has 0 fully saturated rings. The average molecular weight is 165 g/mol. The number of ether oxygens (including phenoxy) is 1. The normalized spacial score (nSPS) is 9.17. The van der Waals surface area contributed by atoms with Crippen LogP contribution in [0.25, 0.3) is 0 Å². The zero-order valence-corrected chi connectivity index (χ0v) is 6.89. The van der Waals surface area contributed by atoms with Crippen molar-refractivity contribution in [3.05, 3.63) is 29.1 Å². The lowest BCUT2D eigenvalue weighted by molar-refractivity contribution is 0.383. The van der Waals surface area contributed by atoms with Gasteiger partial charge in [0.2, 0.25) is 0 Å². The number of nitrogens with zero attached hydrogens (tertiary/aromatic N) is 1. The predicted molar refractivity (Wildman–Crippen MR) is 42.4 cm³/mol. The molecule has 0 aliphatic heterocycles. The standard InChI is InChI=1S/C9H8FNO/c1-6-3-7(5-11)4-8(10)9(6)12-2/h3-4H,1-2H3. The monoisotopic (exact) mass is 165 g/mol. The Bertz CT molecular complexity index is 318. The van der Waals surface area contributed by atoms with Crippen molar-refractivity contribution in [1.82, 2.24) is 0 Å². The Hall–Kier alpha value is -1.56. The van der Waals surface area contributed by atoms with Gasteiger partial charge in [-0.3, -0.25) is 0 Å². The number of aryl methyl sites for hydroxylation is 1. The van der Waals surface area contributed by atoms with E-state index in [9.17, 15) is 4.39 Å². The fraction of sp³-hybridized carbons (Fsp3) is 0.222. The van der Waals surface area contributed by atoms with E-state index in [1.165, 1.54) is 7.11 Å². The van der Waals surface area contributed by atoms with E-state index in [1.807, 2.05) is 6.07 Å². The van der Waals surface area contributed by atoms with Crippen molar-refractivity contribution in [3.8, 4) is 11.8 Å². The Labute approximate surface area is 70.2 Å². The SMILES string of the molecule is COc1c(C)cc(C#N)cc1F. The minimum atomic E-state index is -0.492. The second-order valence-electron chi connectivity index (χ2n) is 2.42. The smallest absolute Gasteiger partial charge is 0.166 e. The highest BCUT2D eigenvalue weighted by Crippen LogP contribution is 2.22. The van der Waals surface area contributed by atoms with Crippen LogP contribution in [0.1, 0.15) is 11.1 Å². The highest BCUT2D eigenvalue weighted by molar-refractivity contribution is 5.42. The van der Waals surface area contributed by atoms with Gasteiger partial charge in [-0.25, -0.2) is 4.39 Å². The van der Waals surface area contributed by atoms with Crippen molar-refractivity contribution in [2.24, 2.45) is 0 Å². The van der Waals surface area contributed by atoms with E-state index in [1.54, 1.807) is 13.0 Å². The Morgan fingerprint density at radius 2 is 2.17 bits per heavy atom. The number of benzene rings is 1. The van der Waals surface area contributed by atoms with Gasteiger partial charge < -0.3 is 4.74 Å². The molecule has 0 radical (unpaired) electrons. The van der Waals surface area contributed by atoms with Gasteiger partial charge in [0.25, 0.3) is 0 Å². The first-order valence-electron chi connectivity index (χ1n) is 3.43. The minimum absolute atomic E-state index is 0.203. The summed E-state index contributed by atoms with van der Waals surface area (Å²) >= 11 is 0. The molecule has 0 aliphatic rings. The summed E-state index contributed by atoms with van der Waals surface area (Å²) < 4.78 is 17.8. The topological polar surface area (TPSA) is 33.0 Å². The molecule has 0 aromatic heterocycles. The van der Waals surface area contributed by atoms with Crippen molar-refractivity contribution < 1.29 is 9.13 Å². The molecular weight excluding hydrogens is 157 g/mol. The van der Waals surface area contributed by atoms with E-state index < -0.39 is 5.82 Å². The molecule has 1 rings (SSSR count). The van der Waals surface area contributed by atoms with E-state index in [-0.39, 0.29) is 5.75 Å². The molecule has 0 saturated carbocycles. The van der Waals surface area contributed by atoms with Crippen molar-refractivity contribution >= 4 is 0 Å². The number of hydrogen-bond acceptors (Lipinski definition) is 2. The van der Waals surface area contributed by atoms with Crippen molar-refractivity contribution in [3.63, 3.8) is 0 Å². The first-order valence-corrected chi connectivity index (χ1v) is 3.43. The Balaban J connectivity index is 3.30. The number of nitriles is 1. The van der Waals surface area contributed by atoms with E-state index >= 15 is 0 Å². The fourth-order valence-corrected chi connectivity index (χ4v) is 1.05. The zero-order valence-electron chi connectivity index (χ0n) is 6.89. The van der Waals surface area contributed by atoms with Gasteiger partial charge in [-0.15, -0.1) is 0 Å². The molecular formula is C9H8FNO. The van der Waals surface area contributed by atoms with Gasteiger partial charge in [0.05, 0.1) is 18.7 Å². The molecule has 0 spiro atoms. The van der Waals surface area contributed by atoms with Crippen LogP contribution in [0.4, 0.5) is 4.39 Å². The largest absolute Gasteiger partial charge is 0.493 e. The number of hydrogen-bond donors (Lipinski definition) is 0. The molecule has 0 bridgehead atoms. The maximum absolute atomic E-state index is 13.0. The molecule has 0 atom stereocenters. The molecule has 0 heterocycles. The van der Waals surface area contributed by atoms with E-state index in [4.69, 9.17) is 10.00 Å². The van der Waals surface area contributed by atoms with Crippen LogP contribution in [0, 0.1) is 24.1 Å². The molecule has 1 aromatic carbocycles. The Morgan fingerprint density at radius 3 is 2.58 bits per heavy atom. The van der Waals surface area contributed by atoms with Crippen molar-refractivity contribution in [2.75, 3.05) is 7.11 Å². The zero-order chi connectivity index (χ0) is 9.14. The highest BCUT2D eigenvalue weighted by atomic mass is 19.1. The van der Waals surface area contributed by atoms with Crippen LogP contribution in [-0.4, -0.2) is 7.11 Å². The summed E-state index contributed by atoms with van der Waals surface area (Å²) in [6, 6.07) is 4.61. The summed E-state index contributed by atoms with van der Waals surface area (Å²) in [4.78, 5) is 0. The van der Waals surface area contributed by atoms with Gasteiger partial charge in [0, 0.05) is 0 Å². The van der Waals surface area contributed by atoms with Crippen molar-refractivity contribution in [1.29, 1.82) is 5.26 Å². The molecule has 0 N–H and O–H groups in total. The number of methoxy groups -OCH3 is 1. The van der Waals surface area contributed by atoms with Crippen LogP contribution in [0.5, 0.6) is 5.75 Å². The highest BCUT2D eigenvalue weighted by Gasteiger charge is 2.07. The van der Waals surface area contributed by atoms with E-state index in [0.29, 0.717) is 11.1 Å². The second-order valence-corrected chi connectivity index (χ2v) is 2.42. The molecule has 2 nitrogen and oxygen atoms in total. The third-order valence-corrected chi connectivity index (χ3v) is 1.56. The molecule has 0 aliphatic carbocycles. The molecule has 0 unspecified atom stereocenters. The number of rotatable bonds is 1. The van der Waals surface area contributed by atoms with Gasteiger partial charge in [-0.2, -0.15) is 5.26 Å². The summed E-state index contributed by atoms with van der Waals surface area (Å²) in [7, 11) is 1.40. The fourth-order valence-electron chi connectivity index (χ4n) is 1.05. The van der Waals surface area contributed by atoms with Gasteiger partial charge in [-0.05, 0) is 24.6 Å². The number of halogens is 1. The lowest BCUT2D eigenvalue weighted by Gasteiger charge is -2.04. The Morgan fingerprint density at radius 1 is 1.50 bits per heavy atom. The molecule has 3 heteroatoms. The van der Waals surface area contributed by atoms with Crippen LogP contribution in [-0.2, 0) is 0 Å². The first kappa shape index (κ1) is 8.54. The van der Waals surface area contributed by atoms with Crippen molar-refractivity contribution in [2.45, 2.75) is 6.92 Å². The molecule has 0 amide bonds. The quantitative estimate of drug-likeness (QED) is 0.637. The lowest BCUT2D eigenvalue weighted by Crippen LogP contribution is -1.92. The maximum atomic E-state index is 13.0. The van der Waals surface area contributed by atoms with Crippen LogP contribution in [0.15, 0.2) is 12.1 Å². The van der Waals surface area contributed by atoms with Gasteiger partial charge in [0.15, 0.2) is 11.6 Å². The first-order chi connectivity index (χ1) is 5.69. The Kier molecular flexibility index (Phi) is 2.29. The molecule has 0 saturated heterocycles. The third kappa shape index (κ3) is 1.37. The predicted octanol–water partition coefficient (Wildman–Crippen LogP) is 2.01. The van der Waals surface area contributed by atoms with Gasteiger partial charge in [-0.1, -0.05) is 0 Å². The minimum Gasteiger partial charge on any atom is -0.493 e. The summed E-state index contributed by atoms with van der Waals surface area (Å²) in [5.74, 6) is -0.289. The van der Waals surface area contributed by atoms with Gasteiger partial charge in [0.1, 0.15) is 0 Å². The lowest BCUT2D eigenvalue weighted by atomic mass is 10.1. The third-order valence-electron chi connectivity index (χ3n) is 1.56. The van der Waals surface area contributed by atoms with Crippen LogP contribution < -0.4 is 4.74 Å². The van der Waals surface area contributed by atoms with Crippen LogP contribution >= 0.6 is 0 Å². The summed E-state index contributed by atoms with van der Waals surface area (Å²) in [5, 5.41) is 8.49. The van der Waals surface area contributed by atoms with E-state index in [2.05, 4.69) is 0 Å². The summed E-state index contributed by atoms with van der Waals surface area (Å²) in [6.45, 7) is 1.70. The van der Waals surface area contributed by atoms with Crippen LogP contribution in [0.2, 0.25) is 0 Å². The average Bonchev–Trinajstić information content (AvgIpc) is 2.03. The summed E-state index contributed by atoms with van der Waals surface area (Å²) in [5.41, 5.74) is 0.944. The van der Waals surface area contributed by atoms with E-state index in [0.717, 1.165) is 6.07 Å².